The molecule has 2 heterocycles. The van der Waals surface area contributed by atoms with Crippen LogP contribution in [-0.4, -0.2) is 4.57 Å². The van der Waals surface area contributed by atoms with E-state index in [0.29, 0.717) is 0 Å². The number of nitrogens with zero attached hydrogens (tertiary/aromatic N) is 2. The molecule has 0 saturated heterocycles. The van der Waals surface area contributed by atoms with Crippen LogP contribution in [0.5, 0.6) is 0 Å². The summed E-state index contributed by atoms with van der Waals surface area (Å²) in [5.41, 5.74) is 13.1. The van der Waals surface area contributed by atoms with E-state index in [-0.39, 0.29) is 0 Å². The van der Waals surface area contributed by atoms with E-state index in [1.54, 1.807) is 0 Å². The van der Waals surface area contributed by atoms with Gasteiger partial charge in [-0.2, -0.15) is 0 Å². The van der Waals surface area contributed by atoms with E-state index in [1.807, 2.05) is 12.1 Å². The fraction of sp³-hybridized carbons (Fsp3) is 0. The van der Waals surface area contributed by atoms with Gasteiger partial charge in [0.25, 0.3) is 0 Å². The second-order valence-electron chi connectivity index (χ2n) is 14.2. The third kappa shape index (κ3) is 5.20. The maximum atomic E-state index is 6.38. The molecule has 3 heteroatoms. The molecule has 0 N–H and O–H groups in total. The molecule has 0 bridgehead atoms. The van der Waals surface area contributed by atoms with Crippen LogP contribution in [-0.2, 0) is 0 Å². The minimum absolute atomic E-state index is 0.883. The number of hydrogen-bond acceptors (Lipinski definition) is 2. The summed E-state index contributed by atoms with van der Waals surface area (Å²) in [6.45, 7) is 0. The molecule has 0 aliphatic rings. The molecule has 11 aromatic rings. The van der Waals surface area contributed by atoms with Gasteiger partial charge in [0.1, 0.15) is 11.2 Å². The number of rotatable bonds is 6. The molecule has 9 aromatic carbocycles. The predicted molar refractivity (Wildman–Crippen MR) is 231 cm³/mol. The summed E-state index contributed by atoms with van der Waals surface area (Å²) in [7, 11) is 0. The molecular weight excluding hydrogens is 669 g/mol. The lowest BCUT2D eigenvalue weighted by Gasteiger charge is -2.28. The third-order valence-corrected chi connectivity index (χ3v) is 11.0. The fourth-order valence-electron chi connectivity index (χ4n) is 8.38. The molecule has 11 rings (SSSR count). The van der Waals surface area contributed by atoms with Crippen molar-refractivity contribution in [2.24, 2.45) is 0 Å². The Bertz CT molecular complexity index is 3170. The average Bonchev–Trinajstić information content (AvgIpc) is 3.80. The Morgan fingerprint density at radius 3 is 1.82 bits per heavy atom. The Hall–Kier alpha value is -7.36. The number of aromatic nitrogens is 1. The van der Waals surface area contributed by atoms with Gasteiger partial charge in [0, 0.05) is 44.2 Å². The van der Waals surface area contributed by atoms with E-state index < -0.39 is 0 Å². The summed E-state index contributed by atoms with van der Waals surface area (Å²) in [5.74, 6) is 0. The molecule has 0 amide bonds. The standard InChI is InChI=1S/C52H34N2O/c1-2-13-37-32-38(25-24-35(37)12-1)36-26-29-40(30-27-36)53(41-14-11-15-42(34-41)54-49-21-8-4-17-44(49)45-18-5-9-22-50(45)54)48-20-7-3-16-43(48)39-28-31-47-46-19-6-10-23-51(46)55-52(47)33-39/h1-34H. The number of furan rings is 1. The molecule has 0 atom stereocenters. The molecule has 0 spiro atoms. The SMILES string of the molecule is c1cc(N(c2ccc(-c3ccc4ccccc4c3)cc2)c2ccccc2-c2ccc3c(c2)oc2ccccc23)cc(-n2c3ccccc3c3ccccc32)c1. The summed E-state index contributed by atoms with van der Waals surface area (Å²) >= 11 is 0. The van der Waals surface area contributed by atoms with Crippen molar-refractivity contribution in [1.82, 2.24) is 4.57 Å². The van der Waals surface area contributed by atoms with Crippen LogP contribution < -0.4 is 4.90 Å². The molecule has 0 aliphatic heterocycles. The minimum atomic E-state index is 0.883. The van der Waals surface area contributed by atoms with Gasteiger partial charge in [-0.15, -0.1) is 0 Å². The molecule has 258 valence electrons. The fourth-order valence-corrected chi connectivity index (χ4v) is 8.38. The first-order valence-corrected chi connectivity index (χ1v) is 18.8. The van der Waals surface area contributed by atoms with Crippen LogP contribution >= 0.6 is 0 Å². The summed E-state index contributed by atoms with van der Waals surface area (Å²) < 4.78 is 8.76. The number of hydrogen-bond donors (Lipinski definition) is 0. The second kappa shape index (κ2) is 12.6. The maximum Gasteiger partial charge on any atom is 0.136 e. The van der Waals surface area contributed by atoms with Crippen molar-refractivity contribution in [2.45, 2.75) is 0 Å². The van der Waals surface area contributed by atoms with Crippen molar-refractivity contribution in [3.63, 3.8) is 0 Å². The molecule has 55 heavy (non-hydrogen) atoms. The Morgan fingerprint density at radius 1 is 0.364 bits per heavy atom. The lowest BCUT2D eigenvalue weighted by atomic mass is 9.99. The van der Waals surface area contributed by atoms with Gasteiger partial charge >= 0.3 is 0 Å². The monoisotopic (exact) mass is 702 g/mol. The summed E-state index contributed by atoms with van der Waals surface area (Å²) in [6.07, 6.45) is 0. The van der Waals surface area contributed by atoms with E-state index in [4.69, 9.17) is 4.42 Å². The van der Waals surface area contributed by atoms with Crippen molar-refractivity contribution in [3.8, 4) is 27.9 Å². The molecule has 0 radical (unpaired) electrons. The first-order valence-electron chi connectivity index (χ1n) is 18.8. The zero-order chi connectivity index (χ0) is 36.3. The summed E-state index contributed by atoms with van der Waals surface area (Å²) in [6, 6.07) is 74.1. The number of benzene rings is 9. The van der Waals surface area contributed by atoms with E-state index in [2.05, 4.69) is 204 Å². The molecule has 3 nitrogen and oxygen atoms in total. The van der Waals surface area contributed by atoms with Crippen LogP contribution in [0.4, 0.5) is 17.1 Å². The van der Waals surface area contributed by atoms with Crippen LogP contribution in [0.25, 0.3) is 82.5 Å². The van der Waals surface area contributed by atoms with Gasteiger partial charge in [-0.1, -0.05) is 133 Å². The zero-order valence-electron chi connectivity index (χ0n) is 29.9. The molecule has 0 saturated carbocycles. The van der Waals surface area contributed by atoms with Gasteiger partial charge in [-0.25, -0.2) is 0 Å². The van der Waals surface area contributed by atoms with Crippen LogP contribution in [0, 0.1) is 0 Å². The van der Waals surface area contributed by atoms with Crippen molar-refractivity contribution in [1.29, 1.82) is 0 Å². The number of anilines is 3. The van der Waals surface area contributed by atoms with Crippen molar-refractivity contribution >= 4 is 71.6 Å². The normalized spacial score (nSPS) is 11.6. The maximum absolute atomic E-state index is 6.38. The van der Waals surface area contributed by atoms with E-state index in [0.717, 1.165) is 55.8 Å². The van der Waals surface area contributed by atoms with Crippen LogP contribution in [0.15, 0.2) is 211 Å². The quantitative estimate of drug-likeness (QED) is 0.172. The second-order valence-corrected chi connectivity index (χ2v) is 14.2. The largest absolute Gasteiger partial charge is 0.456 e. The molecule has 2 aromatic heterocycles. The number of fused-ring (bicyclic) bond motifs is 7. The van der Waals surface area contributed by atoms with Gasteiger partial charge in [-0.05, 0) is 100 Å². The number of para-hydroxylation sites is 4. The highest BCUT2D eigenvalue weighted by molar-refractivity contribution is 6.09. The van der Waals surface area contributed by atoms with E-state index in [9.17, 15) is 0 Å². The average molecular weight is 703 g/mol. The molecule has 0 fully saturated rings. The minimum Gasteiger partial charge on any atom is -0.456 e. The van der Waals surface area contributed by atoms with Crippen molar-refractivity contribution in [3.05, 3.63) is 206 Å². The van der Waals surface area contributed by atoms with Gasteiger partial charge in [-0.3, -0.25) is 0 Å². The topological polar surface area (TPSA) is 21.3 Å². The highest BCUT2D eigenvalue weighted by atomic mass is 16.3. The van der Waals surface area contributed by atoms with E-state index in [1.165, 1.54) is 43.7 Å². The van der Waals surface area contributed by atoms with Gasteiger partial charge in [0.05, 0.1) is 16.7 Å². The van der Waals surface area contributed by atoms with Gasteiger partial charge in [0.2, 0.25) is 0 Å². The van der Waals surface area contributed by atoms with E-state index >= 15 is 0 Å². The van der Waals surface area contributed by atoms with Gasteiger partial charge < -0.3 is 13.9 Å². The summed E-state index contributed by atoms with van der Waals surface area (Å²) in [4.78, 5) is 2.39. The zero-order valence-corrected chi connectivity index (χ0v) is 29.9. The smallest absolute Gasteiger partial charge is 0.136 e. The molecular formula is C52H34N2O. The molecule has 0 aliphatic carbocycles. The Kier molecular flexibility index (Phi) is 7.17. The van der Waals surface area contributed by atoms with Crippen molar-refractivity contribution < 1.29 is 4.42 Å². The molecule has 0 unspecified atom stereocenters. The van der Waals surface area contributed by atoms with Gasteiger partial charge in [0.15, 0.2) is 0 Å². The lowest BCUT2D eigenvalue weighted by Crippen LogP contribution is -2.11. The highest BCUT2D eigenvalue weighted by Crippen LogP contribution is 2.44. The summed E-state index contributed by atoms with van der Waals surface area (Å²) in [5, 5.41) is 7.23. The van der Waals surface area contributed by atoms with Crippen molar-refractivity contribution in [2.75, 3.05) is 4.90 Å². The third-order valence-electron chi connectivity index (χ3n) is 11.0. The first-order chi connectivity index (χ1) is 27.3. The lowest BCUT2D eigenvalue weighted by molar-refractivity contribution is 0.669. The first kappa shape index (κ1) is 31.2. The Morgan fingerprint density at radius 2 is 1.00 bits per heavy atom. The highest BCUT2D eigenvalue weighted by Gasteiger charge is 2.20. The van der Waals surface area contributed by atoms with Crippen LogP contribution in [0.3, 0.4) is 0 Å². The van der Waals surface area contributed by atoms with Crippen LogP contribution in [0.2, 0.25) is 0 Å². The predicted octanol–water partition coefficient (Wildman–Crippen LogP) is 14.6. The Labute approximate surface area is 318 Å². The van der Waals surface area contributed by atoms with Crippen LogP contribution in [0.1, 0.15) is 0 Å². The Balaban J connectivity index is 1.09.